The highest BCUT2D eigenvalue weighted by atomic mass is 16.5. The van der Waals surface area contributed by atoms with Crippen LogP contribution in [0.2, 0.25) is 0 Å². The van der Waals surface area contributed by atoms with Crippen molar-refractivity contribution in [2.24, 2.45) is 0 Å². The molecule has 0 amide bonds. The third kappa shape index (κ3) is 8.23. The van der Waals surface area contributed by atoms with E-state index in [1.807, 2.05) is 54.6 Å². The summed E-state index contributed by atoms with van der Waals surface area (Å²) in [5.74, 6) is -0.270. The standard InChI is InChI=1S/C27H36O5/c1-3-4-5-12-25(29)27(31)22-16-14-21(15-17-22)24-11-7-6-9-20(24)18-19-23(28)10-8-13-26(30)32-2/h6-7,9,11,14-19,23,25,27-29,31H,3-5,8,10,12-13H2,1-2H3/b19-18+/t23-,25+,27+/m0/s1. The molecule has 0 heterocycles. The first-order valence-corrected chi connectivity index (χ1v) is 11.4. The van der Waals surface area contributed by atoms with Gasteiger partial charge in [0.1, 0.15) is 6.10 Å². The summed E-state index contributed by atoms with van der Waals surface area (Å²) in [5.41, 5.74) is 3.66. The Hall–Kier alpha value is -2.47. The van der Waals surface area contributed by atoms with Gasteiger partial charge in [-0.1, -0.05) is 86.9 Å². The molecule has 0 aliphatic carbocycles. The SMILES string of the molecule is CCCCC[C@@H](O)[C@H](O)c1ccc(-c2ccccc2/C=C/[C@@H](O)CCCC(=O)OC)cc1. The predicted molar refractivity (Wildman–Crippen MR) is 128 cm³/mol. The summed E-state index contributed by atoms with van der Waals surface area (Å²) in [6.07, 6.45) is 6.30. The van der Waals surface area contributed by atoms with Gasteiger partial charge in [0.2, 0.25) is 0 Å². The van der Waals surface area contributed by atoms with Crippen molar-refractivity contribution in [3.8, 4) is 11.1 Å². The van der Waals surface area contributed by atoms with Gasteiger partial charge in [-0.25, -0.2) is 0 Å². The van der Waals surface area contributed by atoms with Crippen molar-refractivity contribution >= 4 is 12.0 Å². The zero-order valence-electron chi connectivity index (χ0n) is 19.1. The number of rotatable bonds is 13. The molecule has 0 aliphatic rings. The first-order valence-electron chi connectivity index (χ1n) is 11.4. The number of carbonyl (C=O) groups is 1. The molecular weight excluding hydrogens is 404 g/mol. The Morgan fingerprint density at radius 3 is 2.38 bits per heavy atom. The lowest BCUT2D eigenvalue weighted by Gasteiger charge is -2.18. The van der Waals surface area contributed by atoms with Crippen molar-refractivity contribution < 1.29 is 24.9 Å². The van der Waals surface area contributed by atoms with Gasteiger partial charge in [0.25, 0.3) is 0 Å². The topological polar surface area (TPSA) is 87.0 Å². The number of unbranched alkanes of at least 4 members (excludes halogenated alkanes) is 2. The predicted octanol–water partition coefficient (Wildman–Crippen LogP) is 5.05. The van der Waals surface area contributed by atoms with E-state index in [1.54, 1.807) is 6.08 Å². The Morgan fingerprint density at radius 2 is 1.69 bits per heavy atom. The Kier molecular flexibility index (Phi) is 11.2. The Morgan fingerprint density at radius 1 is 0.969 bits per heavy atom. The fourth-order valence-corrected chi connectivity index (χ4v) is 3.62. The van der Waals surface area contributed by atoms with Gasteiger partial charge in [-0.05, 0) is 41.5 Å². The van der Waals surface area contributed by atoms with Gasteiger partial charge < -0.3 is 20.1 Å². The molecule has 0 fully saturated rings. The molecule has 2 aromatic rings. The second kappa shape index (κ2) is 13.8. The van der Waals surface area contributed by atoms with Crippen molar-refractivity contribution in [2.45, 2.75) is 70.2 Å². The number of hydrogen-bond donors (Lipinski definition) is 3. The van der Waals surface area contributed by atoms with Crippen LogP contribution in [0, 0.1) is 0 Å². The fraction of sp³-hybridized carbons (Fsp3) is 0.444. The highest BCUT2D eigenvalue weighted by Crippen LogP contribution is 2.28. The van der Waals surface area contributed by atoms with E-state index >= 15 is 0 Å². The summed E-state index contributed by atoms with van der Waals surface area (Å²) in [4.78, 5) is 11.2. The van der Waals surface area contributed by atoms with E-state index < -0.39 is 18.3 Å². The van der Waals surface area contributed by atoms with Gasteiger partial charge in [-0.3, -0.25) is 4.79 Å². The zero-order chi connectivity index (χ0) is 23.3. The molecule has 0 saturated carbocycles. The molecule has 0 unspecified atom stereocenters. The monoisotopic (exact) mass is 440 g/mol. The van der Waals surface area contributed by atoms with E-state index in [-0.39, 0.29) is 5.97 Å². The molecule has 174 valence electrons. The molecule has 0 radical (unpaired) electrons. The lowest BCUT2D eigenvalue weighted by atomic mass is 9.95. The molecule has 0 saturated heterocycles. The molecule has 0 bridgehead atoms. The first kappa shape index (κ1) is 25.8. The van der Waals surface area contributed by atoms with E-state index in [2.05, 4.69) is 11.7 Å². The summed E-state index contributed by atoms with van der Waals surface area (Å²) in [6, 6.07) is 15.5. The van der Waals surface area contributed by atoms with Crippen LogP contribution in [-0.2, 0) is 9.53 Å². The fourth-order valence-electron chi connectivity index (χ4n) is 3.62. The van der Waals surface area contributed by atoms with Crippen molar-refractivity contribution in [2.75, 3.05) is 7.11 Å². The van der Waals surface area contributed by atoms with E-state index in [9.17, 15) is 20.1 Å². The van der Waals surface area contributed by atoms with Crippen LogP contribution in [0.15, 0.2) is 54.6 Å². The Labute approximate surface area is 191 Å². The number of hydrogen-bond acceptors (Lipinski definition) is 5. The van der Waals surface area contributed by atoms with Crippen LogP contribution in [0.1, 0.15) is 69.1 Å². The number of carbonyl (C=O) groups excluding carboxylic acids is 1. The summed E-state index contributed by atoms with van der Waals surface area (Å²) < 4.78 is 4.62. The molecule has 5 nitrogen and oxygen atoms in total. The van der Waals surface area contributed by atoms with Crippen LogP contribution < -0.4 is 0 Å². The molecule has 0 aromatic heterocycles. The lowest BCUT2D eigenvalue weighted by Crippen LogP contribution is -2.18. The number of esters is 1. The molecule has 3 N–H and O–H groups in total. The van der Waals surface area contributed by atoms with Gasteiger partial charge >= 0.3 is 5.97 Å². The highest BCUT2D eigenvalue weighted by molar-refractivity contribution is 5.75. The average Bonchev–Trinajstić information content (AvgIpc) is 2.82. The van der Waals surface area contributed by atoms with Gasteiger partial charge in [-0.2, -0.15) is 0 Å². The molecule has 0 spiro atoms. The maximum Gasteiger partial charge on any atom is 0.305 e. The van der Waals surface area contributed by atoms with Crippen LogP contribution in [0.3, 0.4) is 0 Å². The Balaban J connectivity index is 2.04. The van der Waals surface area contributed by atoms with Crippen LogP contribution in [0.5, 0.6) is 0 Å². The number of ether oxygens (including phenoxy) is 1. The van der Waals surface area contributed by atoms with Crippen LogP contribution in [0.25, 0.3) is 17.2 Å². The van der Waals surface area contributed by atoms with Crippen LogP contribution in [-0.4, -0.2) is 40.6 Å². The van der Waals surface area contributed by atoms with Crippen molar-refractivity contribution in [1.29, 1.82) is 0 Å². The largest absolute Gasteiger partial charge is 0.469 e. The molecular formula is C27H36O5. The summed E-state index contributed by atoms with van der Waals surface area (Å²) in [7, 11) is 1.36. The maximum absolute atomic E-state index is 11.2. The minimum absolute atomic E-state index is 0.270. The highest BCUT2D eigenvalue weighted by Gasteiger charge is 2.18. The Bertz CT molecular complexity index is 843. The minimum Gasteiger partial charge on any atom is -0.469 e. The van der Waals surface area contributed by atoms with Gasteiger partial charge in [0.05, 0.1) is 19.3 Å². The van der Waals surface area contributed by atoms with Crippen molar-refractivity contribution in [3.63, 3.8) is 0 Å². The van der Waals surface area contributed by atoms with Crippen LogP contribution >= 0.6 is 0 Å². The van der Waals surface area contributed by atoms with Gasteiger partial charge in [-0.15, -0.1) is 0 Å². The molecule has 2 aromatic carbocycles. The quantitative estimate of drug-likeness (QED) is 0.300. The minimum atomic E-state index is -0.892. The third-order valence-electron chi connectivity index (χ3n) is 5.60. The lowest BCUT2D eigenvalue weighted by molar-refractivity contribution is -0.140. The maximum atomic E-state index is 11.2. The zero-order valence-corrected chi connectivity index (χ0v) is 19.1. The van der Waals surface area contributed by atoms with E-state index in [0.717, 1.165) is 36.0 Å². The summed E-state index contributed by atoms with van der Waals surface area (Å²) in [6.45, 7) is 2.11. The number of benzene rings is 2. The normalized spacial score (nSPS) is 14.3. The molecule has 0 aliphatic heterocycles. The second-order valence-electron chi connectivity index (χ2n) is 8.11. The van der Waals surface area contributed by atoms with E-state index in [4.69, 9.17) is 0 Å². The summed E-state index contributed by atoms with van der Waals surface area (Å²) in [5, 5.41) is 30.9. The molecule has 3 atom stereocenters. The van der Waals surface area contributed by atoms with Crippen molar-refractivity contribution in [1.82, 2.24) is 0 Å². The average molecular weight is 441 g/mol. The number of methoxy groups -OCH3 is 1. The molecule has 5 heteroatoms. The number of aliphatic hydroxyl groups is 3. The van der Waals surface area contributed by atoms with E-state index in [0.29, 0.717) is 31.2 Å². The van der Waals surface area contributed by atoms with Crippen LogP contribution in [0.4, 0.5) is 0 Å². The van der Waals surface area contributed by atoms with Gasteiger partial charge in [0.15, 0.2) is 0 Å². The molecule has 2 rings (SSSR count). The van der Waals surface area contributed by atoms with Crippen molar-refractivity contribution in [3.05, 3.63) is 65.7 Å². The number of aliphatic hydroxyl groups excluding tert-OH is 3. The summed E-state index contributed by atoms with van der Waals surface area (Å²) >= 11 is 0. The smallest absolute Gasteiger partial charge is 0.305 e. The first-order chi connectivity index (χ1) is 15.5. The van der Waals surface area contributed by atoms with Gasteiger partial charge in [0, 0.05) is 6.42 Å². The molecule has 32 heavy (non-hydrogen) atoms. The van der Waals surface area contributed by atoms with E-state index in [1.165, 1.54) is 7.11 Å². The second-order valence-corrected chi connectivity index (χ2v) is 8.11. The third-order valence-corrected chi connectivity index (χ3v) is 5.60.